The summed E-state index contributed by atoms with van der Waals surface area (Å²) in [6, 6.07) is 10.7. The van der Waals surface area contributed by atoms with Gasteiger partial charge in [0, 0.05) is 17.3 Å². The summed E-state index contributed by atoms with van der Waals surface area (Å²) in [5.41, 5.74) is 11.5. The number of hydrogen-bond donors (Lipinski definition) is 1. The molecule has 3 heteroatoms. The molecule has 2 N–H and O–H groups in total. The fourth-order valence-corrected chi connectivity index (χ4v) is 3.04. The van der Waals surface area contributed by atoms with Crippen molar-refractivity contribution in [2.45, 2.75) is 45.2 Å². The van der Waals surface area contributed by atoms with Crippen molar-refractivity contribution in [2.24, 2.45) is 5.73 Å². The van der Waals surface area contributed by atoms with Gasteiger partial charge in [-0.25, -0.2) is 0 Å². The molecule has 19 heavy (non-hydrogen) atoms. The minimum atomic E-state index is 0.184. The predicted octanol–water partition coefficient (Wildman–Crippen LogP) is 2.83. The minimum Gasteiger partial charge on any atom is -0.324 e. The summed E-state index contributed by atoms with van der Waals surface area (Å²) in [5, 5.41) is 4.79. The first-order valence-electron chi connectivity index (χ1n) is 7.17. The highest BCUT2D eigenvalue weighted by Gasteiger charge is 2.25. The molecule has 3 rings (SSSR count). The lowest BCUT2D eigenvalue weighted by Gasteiger charge is -2.20. The lowest BCUT2D eigenvalue weighted by molar-refractivity contribution is 0.537. The van der Waals surface area contributed by atoms with Crippen LogP contribution >= 0.6 is 0 Å². The maximum atomic E-state index is 6.28. The second-order valence-electron chi connectivity index (χ2n) is 5.30. The van der Waals surface area contributed by atoms with Gasteiger partial charge < -0.3 is 5.73 Å². The van der Waals surface area contributed by atoms with E-state index >= 15 is 0 Å². The van der Waals surface area contributed by atoms with Crippen LogP contribution in [0.15, 0.2) is 30.3 Å². The highest BCUT2D eigenvalue weighted by Crippen LogP contribution is 2.31. The molecule has 1 aliphatic rings. The smallest absolute Gasteiger partial charge is 0.0672 e. The Bertz CT molecular complexity index is 557. The van der Waals surface area contributed by atoms with Crippen molar-refractivity contribution in [2.75, 3.05) is 0 Å². The van der Waals surface area contributed by atoms with Gasteiger partial charge in [0.25, 0.3) is 0 Å². The van der Waals surface area contributed by atoms with Crippen LogP contribution in [0.3, 0.4) is 0 Å². The van der Waals surface area contributed by atoms with Gasteiger partial charge in [-0.05, 0) is 31.2 Å². The summed E-state index contributed by atoms with van der Waals surface area (Å²) in [4.78, 5) is 0. The van der Waals surface area contributed by atoms with Crippen LogP contribution < -0.4 is 5.73 Å². The lowest BCUT2D eigenvalue weighted by Crippen LogP contribution is -2.19. The molecular weight excluding hydrogens is 234 g/mol. The van der Waals surface area contributed by atoms with Gasteiger partial charge in [-0.1, -0.05) is 37.3 Å². The molecule has 2 aromatic rings. The Morgan fingerprint density at radius 2 is 2.11 bits per heavy atom. The summed E-state index contributed by atoms with van der Waals surface area (Å²) in [5.74, 6) is 0. The van der Waals surface area contributed by atoms with Crippen LogP contribution in [-0.2, 0) is 19.4 Å². The zero-order chi connectivity index (χ0) is 13.2. The lowest BCUT2D eigenvalue weighted by atomic mass is 9.91. The van der Waals surface area contributed by atoms with Gasteiger partial charge in [0.05, 0.1) is 12.2 Å². The molecule has 0 aliphatic heterocycles. The van der Waals surface area contributed by atoms with Crippen LogP contribution in [-0.4, -0.2) is 9.78 Å². The fourth-order valence-electron chi connectivity index (χ4n) is 3.04. The number of nitrogens with two attached hydrogens (primary N) is 1. The van der Waals surface area contributed by atoms with Gasteiger partial charge in [-0.3, -0.25) is 4.68 Å². The maximum Gasteiger partial charge on any atom is 0.0672 e. The van der Waals surface area contributed by atoms with E-state index in [1.54, 1.807) is 0 Å². The fraction of sp³-hybridized carbons (Fsp3) is 0.438. The van der Waals surface area contributed by atoms with E-state index in [0.717, 1.165) is 25.8 Å². The molecule has 1 heterocycles. The molecule has 0 radical (unpaired) electrons. The summed E-state index contributed by atoms with van der Waals surface area (Å²) in [6.07, 6.45) is 4.36. The molecule has 0 fully saturated rings. The van der Waals surface area contributed by atoms with Gasteiger partial charge >= 0.3 is 0 Å². The van der Waals surface area contributed by atoms with Gasteiger partial charge in [-0.2, -0.15) is 5.10 Å². The van der Waals surface area contributed by atoms with E-state index < -0.39 is 0 Å². The van der Waals surface area contributed by atoms with E-state index in [1.165, 1.54) is 28.9 Å². The molecule has 1 atom stereocenters. The highest BCUT2D eigenvalue weighted by molar-refractivity contribution is 5.32. The highest BCUT2D eigenvalue weighted by atomic mass is 15.3. The van der Waals surface area contributed by atoms with Crippen molar-refractivity contribution >= 4 is 0 Å². The Kier molecular flexibility index (Phi) is 3.38. The molecule has 3 nitrogen and oxygen atoms in total. The number of aromatic nitrogens is 2. The second-order valence-corrected chi connectivity index (χ2v) is 5.30. The third-order valence-corrected chi connectivity index (χ3v) is 3.98. The second kappa shape index (κ2) is 5.17. The molecule has 0 saturated heterocycles. The van der Waals surface area contributed by atoms with Crippen LogP contribution in [0.25, 0.3) is 0 Å². The zero-order valence-electron chi connectivity index (χ0n) is 11.5. The van der Waals surface area contributed by atoms with Gasteiger partial charge in [0.15, 0.2) is 0 Å². The topological polar surface area (TPSA) is 43.8 Å². The molecule has 1 unspecified atom stereocenters. The summed E-state index contributed by atoms with van der Waals surface area (Å²) < 4.78 is 2.17. The number of hydrogen-bond acceptors (Lipinski definition) is 2. The molecule has 0 saturated carbocycles. The first kappa shape index (κ1) is 12.4. The van der Waals surface area contributed by atoms with Gasteiger partial charge in [-0.15, -0.1) is 0 Å². The summed E-state index contributed by atoms with van der Waals surface area (Å²) in [6.45, 7) is 3.02. The third kappa shape index (κ3) is 2.30. The largest absolute Gasteiger partial charge is 0.324 e. The van der Waals surface area contributed by atoms with Crippen molar-refractivity contribution < 1.29 is 0 Å². The average Bonchev–Trinajstić information content (AvgIpc) is 2.80. The van der Waals surface area contributed by atoms with Crippen molar-refractivity contribution in [1.82, 2.24) is 9.78 Å². The summed E-state index contributed by atoms with van der Waals surface area (Å²) >= 11 is 0. The minimum absolute atomic E-state index is 0.184. The molecule has 1 aliphatic carbocycles. The van der Waals surface area contributed by atoms with E-state index in [2.05, 4.69) is 41.9 Å². The van der Waals surface area contributed by atoms with E-state index in [1.807, 2.05) is 0 Å². The molecule has 1 aromatic carbocycles. The Balaban J connectivity index is 1.98. The molecule has 0 bridgehead atoms. The van der Waals surface area contributed by atoms with E-state index in [4.69, 9.17) is 10.8 Å². The van der Waals surface area contributed by atoms with Crippen LogP contribution in [0.2, 0.25) is 0 Å². The number of aryl methyl sites for hydroxylation is 1. The normalized spacial score (nSPS) is 18.3. The standard InChI is InChI=1S/C16H21N3/c1-2-14-16-13(17)9-6-10-15(16)19(18-14)11-12-7-4-3-5-8-12/h3-5,7-8,13H,2,6,9-11,17H2,1H3. The number of rotatable bonds is 3. The number of fused-ring (bicyclic) bond motifs is 1. The van der Waals surface area contributed by atoms with Crippen LogP contribution in [0.1, 0.15) is 48.3 Å². The Morgan fingerprint density at radius 3 is 2.84 bits per heavy atom. The number of nitrogens with zero attached hydrogens (tertiary/aromatic N) is 2. The zero-order valence-corrected chi connectivity index (χ0v) is 11.5. The number of benzene rings is 1. The van der Waals surface area contributed by atoms with E-state index in [-0.39, 0.29) is 6.04 Å². The Labute approximate surface area is 114 Å². The van der Waals surface area contributed by atoms with E-state index in [0.29, 0.717) is 0 Å². The molecular formula is C16H21N3. The monoisotopic (exact) mass is 255 g/mol. The molecule has 1 aromatic heterocycles. The van der Waals surface area contributed by atoms with Crippen molar-refractivity contribution in [3.63, 3.8) is 0 Å². The molecule has 0 amide bonds. The van der Waals surface area contributed by atoms with Gasteiger partial charge in [0.2, 0.25) is 0 Å². The van der Waals surface area contributed by atoms with Crippen LogP contribution in [0.4, 0.5) is 0 Å². The third-order valence-electron chi connectivity index (χ3n) is 3.98. The first-order chi connectivity index (χ1) is 9.29. The average molecular weight is 255 g/mol. The Morgan fingerprint density at radius 1 is 1.32 bits per heavy atom. The van der Waals surface area contributed by atoms with E-state index in [9.17, 15) is 0 Å². The van der Waals surface area contributed by atoms with Gasteiger partial charge in [0.1, 0.15) is 0 Å². The Hall–Kier alpha value is -1.61. The first-order valence-corrected chi connectivity index (χ1v) is 7.17. The van der Waals surface area contributed by atoms with Crippen LogP contribution in [0.5, 0.6) is 0 Å². The van der Waals surface area contributed by atoms with Crippen molar-refractivity contribution in [3.8, 4) is 0 Å². The SMILES string of the molecule is CCc1nn(Cc2ccccc2)c2c1C(N)CCC2. The molecule has 100 valence electrons. The quantitative estimate of drug-likeness (QED) is 0.916. The van der Waals surface area contributed by atoms with Crippen molar-refractivity contribution in [3.05, 3.63) is 52.8 Å². The molecule has 0 spiro atoms. The predicted molar refractivity (Wildman–Crippen MR) is 77.0 cm³/mol. The maximum absolute atomic E-state index is 6.28. The van der Waals surface area contributed by atoms with Crippen molar-refractivity contribution in [1.29, 1.82) is 0 Å². The summed E-state index contributed by atoms with van der Waals surface area (Å²) in [7, 11) is 0. The van der Waals surface area contributed by atoms with Crippen LogP contribution in [0, 0.1) is 0 Å².